The fourth-order valence-electron chi connectivity index (χ4n) is 3.80. The summed E-state index contributed by atoms with van der Waals surface area (Å²) in [5.41, 5.74) is 2.10. The SMILES string of the molecule is Cc1ccc2nc(N(CC3CCCO3)C(=O)c3nnc4n3CCC4)sc2c1. The van der Waals surface area contributed by atoms with Gasteiger partial charge in [0.2, 0.25) is 5.82 Å². The lowest BCUT2D eigenvalue weighted by Crippen LogP contribution is -2.38. The number of fused-ring (bicyclic) bond motifs is 2. The van der Waals surface area contributed by atoms with Gasteiger partial charge >= 0.3 is 0 Å². The normalized spacial score (nSPS) is 18.9. The Bertz CT molecular complexity index is 1000. The van der Waals surface area contributed by atoms with E-state index in [1.807, 2.05) is 16.7 Å². The molecule has 1 unspecified atom stereocenters. The molecule has 27 heavy (non-hydrogen) atoms. The molecule has 2 aromatic heterocycles. The molecular formula is C19H21N5O2S. The highest BCUT2D eigenvalue weighted by Gasteiger charge is 2.31. The van der Waals surface area contributed by atoms with Crippen molar-refractivity contribution in [2.45, 2.75) is 45.3 Å². The molecule has 140 valence electrons. The van der Waals surface area contributed by atoms with E-state index in [0.29, 0.717) is 17.5 Å². The quantitative estimate of drug-likeness (QED) is 0.693. The summed E-state index contributed by atoms with van der Waals surface area (Å²) in [5.74, 6) is 1.17. The first-order valence-corrected chi connectivity index (χ1v) is 10.2. The van der Waals surface area contributed by atoms with E-state index in [4.69, 9.17) is 9.72 Å². The molecule has 3 aromatic rings. The Morgan fingerprint density at radius 2 is 2.30 bits per heavy atom. The molecule has 2 aliphatic rings. The number of carbonyl (C=O) groups excluding carboxylic acids is 1. The van der Waals surface area contributed by atoms with Crippen molar-refractivity contribution in [1.29, 1.82) is 0 Å². The number of rotatable bonds is 4. The van der Waals surface area contributed by atoms with Crippen LogP contribution >= 0.6 is 11.3 Å². The van der Waals surface area contributed by atoms with E-state index in [1.54, 1.807) is 16.2 Å². The van der Waals surface area contributed by atoms with E-state index in [2.05, 4.69) is 23.2 Å². The Kier molecular flexibility index (Phi) is 4.17. The van der Waals surface area contributed by atoms with Crippen LogP contribution in [0.15, 0.2) is 18.2 Å². The number of anilines is 1. The van der Waals surface area contributed by atoms with E-state index in [-0.39, 0.29) is 12.0 Å². The van der Waals surface area contributed by atoms with Gasteiger partial charge in [-0.2, -0.15) is 0 Å². The lowest BCUT2D eigenvalue weighted by Gasteiger charge is -2.22. The van der Waals surface area contributed by atoms with Crippen molar-refractivity contribution in [3.8, 4) is 0 Å². The monoisotopic (exact) mass is 383 g/mol. The summed E-state index contributed by atoms with van der Waals surface area (Å²) in [6.45, 7) is 4.12. The van der Waals surface area contributed by atoms with Crippen molar-refractivity contribution >= 4 is 32.6 Å². The molecule has 1 atom stereocenters. The lowest BCUT2D eigenvalue weighted by atomic mass is 10.2. The number of carbonyl (C=O) groups is 1. The van der Waals surface area contributed by atoms with Crippen molar-refractivity contribution in [3.63, 3.8) is 0 Å². The molecule has 0 bridgehead atoms. The first kappa shape index (κ1) is 16.8. The van der Waals surface area contributed by atoms with Crippen LogP contribution in [0.25, 0.3) is 10.2 Å². The third kappa shape index (κ3) is 3.02. The smallest absolute Gasteiger partial charge is 0.298 e. The molecule has 0 saturated carbocycles. The zero-order valence-corrected chi connectivity index (χ0v) is 16.0. The molecule has 0 N–H and O–H groups in total. The highest BCUT2D eigenvalue weighted by atomic mass is 32.1. The number of ether oxygens (including phenoxy) is 1. The van der Waals surface area contributed by atoms with Gasteiger partial charge in [-0.1, -0.05) is 17.4 Å². The van der Waals surface area contributed by atoms with Gasteiger partial charge in [-0.05, 0) is 43.9 Å². The standard InChI is InChI=1S/C19H21N5O2S/c1-12-6-7-14-15(10-12)27-19(20-14)24(11-13-4-3-9-26-13)18(25)17-22-21-16-5-2-8-23(16)17/h6-7,10,13H,2-5,8-9,11H2,1H3. The van der Waals surface area contributed by atoms with Crippen molar-refractivity contribution in [2.24, 2.45) is 0 Å². The number of thiazole rings is 1. The molecule has 0 aliphatic carbocycles. The van der Waals surface area contributed by atoms with Gasteiger partial charge in [-0.25, -0.2) is 4.98 Å². The lowest BCUT2D eigenvalue weighted by molar-refractivity contribution is 0.0905. The number of amides is 1. The molecule has 1 saturated heterocycles. The zero-order chi connectivity index (χ0) is 18.4. The minimum absolute atomic E-state index is 0.0451. The van der Waals surface area contributed by atoms with Gasteiger partial charge in [0.1, 0.15) is 5.82 Å². The van der Waals surface area contributed by atoms with Crippen LogP contribution in [0.1, 0.15) is 41.3 Å². The molecule has 1 fully saturated rings. The van der Waals surface area contributed by atoms with Gasteiger partial charge in [0.25, 0.3) is 5.91 Å². The average molecular weight is 383 g/mol. The summed E-state index contributed by atoms with van der Waals surface area (Å²) in [4.78, 5) is 19.9. The van der Waals surface area contributed by atoms with Gasteiger partial charge in [-0.15, -0.1) is 10.2 Å². The Morgan fingerprint density at radius 1 is 1.37 bits per heavy atom. The van der Waals surface area contributed by atoms with Crippen molar-refractivity contribution in [1.82, 2.24) is 19.7 Å². The van der Waals surface area contributed by atoms with E-state index in [1.165, 1.54) is 5.56 Å². The molecule has 1 aromatic carbocycles. The second-order valence-corrected chi connectivity index (χ2v) is 8.22. The van der Waals surface area contributed by atoms with Crippen LogP contribution in [-0.2, 0) is 17.7 Å². The molecule has 7 nitrogen and oxygen atoms in total. The van der Waals surface area contributed by atoms with Crippen LogP contribution in [-0.4, -0.2) is 44.9 Å². The minimum atomic E-state index is -0.137. The van der Waals surface area contributed by atoms with E-state index < -0.39 is 0 Å². The van der Waals surface area contributed by atoms with E-state index >= 15 is 0 Å². The number of hydrogen-bond donors (Lipinski definition) is 0. The maximum absolute atomic E-state index is 13.4. The van der Waals surface area contributed by atoms with Gasteiger partial charge in [0, 0.05) is 19.6 Å². The Hall–Kier alpha value is -2.32. The summed E-state index contributed by atoms with van der Waals surface area (Å²) < 4.78 is 8.83. The maximum atomic E-state index is 13.4. The average Bonchev–Trinajstić information content (AvgIpc) is 3.41. The topological polar surface area (TPSA) is 73.1 Å². The van der Waals surface area contributed by atoms with Crippen LogP contribution in [0.5, 0.6) is 0 Å². The molecule has 0 radical (unpaired) electrons. The molecule has 0 spiro atoms. The second-order valence-electron chi connectivity index (χ2n) is 7.21. The fraction of sp³-hybridized carbons (Fsp3) is 0.474. The van der Waals surface area contributed by atoms with Crippen LogP contribution in [0.4, 0.5) is 5.13 Å². The summed E-state index contributed by atoms with van der Waals surface area (Å²) in [6, 6.07) is 6.16. The van der Waals surface area contributed by atoms with Crippen LogP contribution in [0.3, 0.4) is 0 Å². The van der Waals surface area contributed by atoms with Gasteiger partial charge in [0.05, 0.1) is 22.9 Å². The summed E-state index contributed by atoms with van der Waals surface area (Å²) in [5, 5.41) is 9.08. The number of hydrogen-bond acceptors (Lipinski definition) is 6. The van der Waals surface area contributed by atoms with Crippen LogP contribution in [0.2, 0.25) is 0 Å². The predicted octanol–water partition coefficient (Wildman–Crippen LogP) is 2.97. The highest BCUT2D eigenvalue weighted by molar-refractivity contribution is 7.22. The van der Waals surface area contributed by atoms with Gasteiger partial charge in [-0.3, -0.25) is 9.69 Å². The first-order valence-electron chi connectivity index (χ1n) is 9.42. The third-order valence-corrected chi connectivity index (χ3v) is 6.26. The van der Waals surface area contributed by atoms with Crippen molar-refractivity contribution in [2.75, 3.05) is 18.1 Å². The molecule has 2 aliphatic heterocycles. The summed E-state index contributed by atoms with van der Waals surface area (Å²) >= 11 is 1.54. The number of aryl methyl sites for hydroxylation is 2. The molecule has 5 rings (SSSR count). The van der Waals surface area contributed by atoms with Gasteiger partial charge < -0.3 is 9.30 Å². The highest BCUT2D eigenvalue weighted by Crippen LogP contribution is 2.31. The number of aromatic nitrogens is 4. The molecule has 4 heterocycles. The maximum Gasteiger partial charge on any atom is 0.298 e. The van der Waals surface area contributed by atoms with Crippen molar-refractivity contribution in [3.05, 3.63) is 35.4 Å². The van der Waals surface area contributed by atoms with Crippen LogP contribution in [0, 0.1) is 6.92 Å². The Balaban J connectivity index is 1.53. The van der Waals surface area contributed by atoms with Gasteiger partial charge in [0.15, 0.2) is 5.13 Å². The predicted molar refractivity (Wildman–Crippen MR) is 103 cm³/mol. The van der Waals surface area contributed by atoms with E-state index in [0.717, 1.165) is 54.9 Å². The first-order chi connectivity index (χ1) is 13.2. The molecule has 8 heteroatoms. The largest absolute Gasteiger partial charge is 0.376 e. The zero-order valence-electron chi connectivity index (χ0n) is 15.2. The number of benzene rings is 1. The summed E-state index contributed by atoms with van der Waals surface area (Å²) in [7, 11) is 0. The van der Waals surface area contributed by atoms with Crippen molar-refractivity contribution < 1.29 is 9.53 Å². The second kappa shape index (κ2) is 6.69. The Labute approximate surface area is 161 Å². The summed E-state index contributed by atoms with van der Waals surface area (Å²) in [6.07, 6.45) is 3.94. The number of nitrogens with zero attached hydrogens (tertiary/aromatic N) is 5. The Morgan fingerprint density at radius 3 is 3.15 bits per heavy atom. The van der Waals surface area contributed by atoms with Crippen LogP contribution < -0.4 is 4.90 Å². The minimum Gasteiger partial charge on any atom is -0.376 e. The fourth-order valence-corrected chi connectivity index (χ4v) is 4.88. The molecule has 1 amide bonds. The van der Waals surface area contributed by atoms with E-state index in [9.17, 15) is 4.79 Å². The third-order valence-electron chi connectivity index (χ3n) is 5.22. The molecular weight excluding hydrogens is 362 g/mol.